The number of non-ortho nitro benzene ring substituents is 1. The van der Waals surface area contributed by atoms with Gasteiger partial charge in [-0.2, -0.15) is 0 Å². The SMILES string of the molecule is COc1ccc([N+](=O)[O-])cc1C(=O)NNC(=O)[C@@H](C)Oc1ccccc1F. The summed E-state index contributed by atoms with van der Waals surface area (Å²) in [5.74, 6) is -2.25. The molecule has 27 heavy (non-hydrogen) atoms. The summed E-state index contributed by atoms with van der Waals surface area (Å²) in [5, 5.41) is 10.8. The molecule has 0 unspecified atom stereocenters. The monoisotopic (exact) mass is 377 g/mol. The number of ether oxygens (including phenoxy) is 2. The maximum atomic E-state index is 13.5. The summed E-state index contributed by atoms with van der Waals surface area (Å²) in [4.78, 5) is 34.4. The van der Waals surface area contributed by atoms with Crippen LogP contribution in [0.1, 0.15) is 17.3 Å². The van der Waals surface area contributed by atoms with Crippen molar-refractivity contribution in [2.24, 2.45) is 0 Å². The van der Waals surface area contributed by atoms with Crippen molar-refractivity contribution in [1.82, 2.24) is 10.9 Å². The molecule has 2 amide bonds. The molecular weight excluding hydrogens is 361 g/mol. The van der Waals surface area contributed by atoms with Gasteiger partial charge < -0.3 is 9.47 Å². The van der Waals surface area contributed by atoms with E-state index in [0.29, 0.717) is 0 Å². The number of amides is 2. The third-order valence-corrected chi connectivity index (χ3v) is 3.45. The number of hydrazine groups is 1. The zero-order chi connectivity index (χ0) is 20.0. The average molecular weight is 377 g/mol. The second-order valence-corrected chi connectivity index (χ2v) is 5.28. The van der Waals surface area contributed by atoms with E-state index in [0.717, 1.165) is 6.07 Å². The summed E-state index contributed by atoms with van der Waals surface area (Å²) in [7, 11) is 1.29. The maximum Gasteiger partial charge on any atom is 0.279 e. The van der Waals surface area contributed by atoms with Crippen LogP contribution in [0, 0.1) is 15.9 Å². The zero-order valence-corrected chi connectivity index (χ0v) is 14.4. The van der Waals surface area contributed by atoms with E-state index in [4.69, 9.17) is 9.47 Å². The predicted molar refractivity (Wildman–Crippen MR) is 91.7 cm³/mol. The minimum Gasteiger partial charge on any atom is -0.496 e. The van der Waals surface area contributed by atoms with Gasteiger partial charge in [0.25, 0.3) is 17.5 Å². The summed E-state index contributed by atoms with van der Waals surface area (Å²) in [6.45, 7) is 1.36. The molecule has 2 aromatic rings. The van der Waals surface area contributed by atoms with Gasteiger partial charge in [0, 0.05) is 12.1 Å². The summed E-state index contributed by atoms with van der Waals surface area (Å²) in [6, 6.07) is 9.00. The molecule has 0 radical (unpaired) electrons. The van der Waals surface area contributed by atoms with Crippen LogP contribution in [0.3, 0.4) is 0 Å². The fourth-order valence-corrected chi connectivity index (χ4v) is 2.06. The number of hydrogen-bond donors (Lipinski definition) is 2. The molecule has 2 N–H and O–H groups in total. The predicted octanol–water partition coefficient (Wildman–Crippen LogP) is 1.97. The molecule has 0 saturated carbocycles. The standard InChI is InChI=1S/C17H16FN3O6/c1-10(27-15-6-4-3-5-13(15)18)16(22)19-20-17(23)12-9-11(21(24)25)7-8-14(12)26-2/h3-10H,1-2H3,(H,19,22)(H,20,23)/t10-/m1/s1. The molecule has 1 atom stereocenters. The van der Waals surface area contributed by atoms with Crippen molar-refractivity contribution >= 4 is 17.5 Å². The van der Waals surface area contributed by atoms with Crippen molar-refractivity contribution in [2.75, 3.05) is 7.11 Å². The largest absolute Gasteiger partial charge is 0.496 e. The van der Waals surface area contributed by atoms with E-state index in [1.54, 1.807) is 6.07 Å². The Labute approximate surface area is 153 Å². The number of nitrogens with one attached hydrogen (secondary N) is 2. The van der Waals surface area contributed by atoms with E-state index in [1.807, 2.05) is 0 Å². The number of carbonyl (C=O) groups is 2. The number of nitrogens with zero attached hydrogens (tertiary/aromatic N) is 1. The molecule has 9 nitrogen and oxygen atoms in total. The van der Waals surface area contributed by atoms with Crippen molar-refractivity contribution in [3.05, 3.63) is 64.0 Å². The number of methoxy groups -OCH3 is 1. The Bertz CT molecular complexity index is 873. The fourth-order valence-electron chi connectivity index (χ4n) is 2.06. The van der Waals surface area contributed by atoms with Crippen molar-refractivity contribution in [1.29, 1.82) is 0 Å². The fraction of sp³-hybridized carbons (Fsp3) is 0.176. The van der Waals surface area contributed by atoms with Crippen LogP contribution >= 0.6 is 0 Å². The van der Waals surface area contributed by atoms with E-state index >= 15 is 0 Å². The minimum absolute atomic E-state index is 0.0861. The van der Waals surface area contributed by atoms with E-state index in [-0.39, 0.29) is 22.7 Å². The first-order valence-electron chi connectivity index (χ1n) is 7.67. The second-order valence-electron chi connectivity index (χ2n) is 5.28. The third kappa shape index (κ3) is 4.91. The number of rotatable bonds is 6. The van der Waals surface area contributed by atoms with Gasteiger partial charge in [-0.25, -0.2) is 4.39 Å². The number of benzene rings is 2. The Morgan fingerprint density at radius 3 is 2.48 bits per heavy atom. The molecule has 10 heteroatoms. The van der Waals surface area contributed by atoms with E-state index in [1.165, 1.54) is 44.4 Å². The molecule has 0 bridgehead atoms. The quantitative estimate of drug-likeness (QED) is 0.587. The first-order valence-corrected chi connectivity index (χ1v) is 7.67. The molecule has 2 aromatic carbocycles. The van der Waals surface area contributed by atoms with Gasteiger partial charge in [0.05, 0.1) is 17.6 Å². The number of para-hydroxylation sites is 1. The minimum atomic E-state index is -1.12. The van der Waals surface area contributed by atoms with Crippen LogP contribution in [0.5, 0.6) is 11.5 Å². The van der Waals surface area contributed by atoms with Crippen molar-refractivity contribution < 1.29 is 28.4 Å². The smallest absolute Gasteiger partial charge is 0.279 e. The summed E-state index contributed by atoms with van der Waals surface area (Å²) in [6.07, 6.45) is -1.12. The van der Waals surface area contributed by atoms with Crippen LogP contribution in [-0.2, 0) is 4.79 Å². The molecule has 0 heterocycles. The normalized spacial score (nSPS) is 11.2. The van der Waals surface area contributed by atoms with Gasteiger partial charge in [0.15, 0.2) is 17.7 Å². The van der Waals surface area contributed by atoms with Crippen LogP contribution in [0.25, 0.3) is 0 Å². The first kappa shape index (κ1) is 19.6. The highest BCUT2D eigenvalue weighted by molar-refractivity contribution is 5.98. The lowest BCUT2D eigenvalue weighted by molar-refractivity contribution is -0.384. The zero-order valence-electron chi connectivity index (χ0n) is 14.4. The molecule has 0 spiro atoms. The Morgan fingerprint density at radius 2 is 1.85 bits per heavy atom. The molecular formula is C17H16FN3O6. The van der Waals surface area contributed by atoms with Gasteiger partial charge in [-0.05, 0) is 25.1 Å². The molecule has 0 aliphatic heterocycles. The second kappa shape index (κ2) is 8.61. The van der Waals surface area contributed by atoms with Crippen LogP contribution in [0.4, 0.5) is 10.1 Å². The lowest BCUT2D eigenvalue weighted by atomic mass is 10.1. The Balaban J connectivity index is 2.02. The van der Waals surface area contributed by atoms with Crippen molar-refractivity contribution in [3.63, 3.8) is 0 Å². The first-order chi connectivity index (χ1) is 12.8. The Morgan fingerprint density at radius 1 is 1.15 bits per heavy atom. The summed E-state index contributed by atoms with van der Waals surface area (Å²) >= 11 is 0. The average Bonchev–Trinajstić information content (AvgIpc) is 2.66. The lowest BCUT2D eigenvalue weighted by Gasteiger charge is -2.16. The lowest BCUT2D eigenvalue weighted by Crippen LogP contribution is -2.47. The highest BCUT2D eigenvalue weighted by Gasteiger charge is 2.20. The van der Waals surface area contributed by atoms with Crippen LogP contribution in [0.15, 0.2) is 42.5 Å². The van der Waals surface area contributed by atoms with E-state index in [9.17, 15) is 24.1 Å². The molecule has 0 aliphatic carbocycles. The van der Waals surface area contributed by atoms with Crippen LogP contribution < -0.4 is 20.3 Å². The molecule has 0 fully saturated rings. The Hall–Kier alpha value is -3.69. The van der Waals surface area contributed by atoms with Crippen LogP contribution in [0.2, 0.25) is 0 Å². The number of hydrogen-bond acceptors (Lipinski definition) is 6. The number of halogens is 1. The Kier molecular flexibility index (Phi) is 6.26. The molecule has 0 saturated heterocycles. The highest BCUT2D eigenvalue weighted by Crippen LogP contribution is 2.23. The molecule has 142 valence electrons. The number of nitro benzene ring substituents is 1. The maximum absolute atomic E-state index is 13.5. The van der Waals surface area contributed by atoms with Gasteiger partial charge in [-0.3, -0.25) is 30.6 Å². The highest BCUT2D eigenvalue weighted by atomic mass is 19.1. The van der Waals surface area contributed by atoms with Crippen LogP contribution in [-0.4, -0.2) is 30.0 Å². The van der Waals surface area contributed by atoms with Gasteiger partial charge in [0.1, 0.15) is 5.75 Å². The molecule has 0 aromatic heterocycles. The van der Waals surface area contributed by atoms with Gasteiger partial charge in [-0.15, -0.1) is 0 Å². The summed E-state index contributed by atoms with van der Waals surface area (Å²) in [5.41, 5.74) is 3.76. The number of carbonyl (C=O) groups excluding carboxylic acids is 2. The van der Waals surface area contributed by atoms with E-state index < -0.39 is 28.7 Å². The van der Waals surface area contributed by atoms with Gasteiger partial charge in [-0.1, -0.05) is 12.1 Å². The van der Waals surface area contributed by atoms with Gasteiger partial charge >= 0.3 is 0 Å². The molecule has 2 rings (SSSR count). The topological polar surface area (TPSA) is 120 Å². The summed E-state index contributed by atoms with van der Waals surface area (Å²) < 4.78 is 23.7. The van der Waals surface area contributed by atoms with Crippen molar-refractivity contribution in [2.45, 2.75) is 13.0 Å². The molecule has 0 aliphatic rings. The van der Waals surface area contributed by atoms with Crippen molar-refractivity contribution in [3.8, 4) is 11.5 Å². The van der Waals surface area contributed by atoms with Gasteiger partial charge in [0.2, 0.25) is 0 Å². The third-order valence-electron chi connectivity index (χ3n) is 3.45. The van der Waals surface area contributed by atoms with E-state index in [2.05, 4.69) is 10.9 Å². The number of nitro groups is 1.